The van der Waals surface area contributed by atoms with Gasteiger partial charge in [0.25, 0.3) is 0 Å². The van der Waals surface area contributed by atoms with E-state index >= 15 is 0 Å². The molecule has 0 radical (unpaired) electrons. The summed E-state index contributed by atoms with van der Waals surface area (Å²) in [7, 11) is 0. The molecule has 0 bridgehead atoms. The average molecular weight is 162 g/mol. The largest absolute Gasteiger partial charge is 0.394 e. The maximum atomic E-state index is 10.4. The van der Waals surface area contributed by atoms with Crippen molar-refractivity contribution in [3.05, 3.63) is 0 Å². The van der Waals surface area contributed by atoms with Crippen molar-refractivity contribution < 1.29 is 19.8 Å². The summed E-state index contributed by atoms with van der Waals surface area (Å²) < 4.78 is 0. The van der Waals surface area contributed by atoms with Crippen molar-refractivity contribution in [3.63, 3.8) is 0 Å². The van der Waals surface area contributed by atoms with Crippen molar-refractivity contribution in [1.82, 2.24) is 0 Å². The molecule has 0 aliphatic carbocycles. The fraction of sp³-hybridized carbons (Fsp3) is 0.600. The Morgan fingerprint density at radius 2 is 1.64 bits per heavy atom. The van der Waals surface area contributed by atoms with Crippen LogP contribution in [0, 0.1) is 5.92 Å². The maximum Gasteiger partial charge on any atom is 0.232 e. The van der Waals surface area contributed by atoms with Crippen LogP contribution in [-0.2, 0) is 9.59 Å². The number of carbonyl (C=O) groups is 2. The molecule has 0 spiro atoms. The van der Waals surface area contributed by atoms with Gasteiger partial charge in [-0.3, -0.25) is 9.59 Å². The smallest absolute Gasteiger partial charge is 0.232 e. The highest BCUT2D eigenvalue weighted by atomic mass is 16.3. The van der Waals surface area contributed by atoms with Gasteiger partial charge in [0, 0.05) is 0 Å². The van der Waals surface area contributed by atoms with Crippen molar-refractivity contribution in [2.75, 3.05) is 6.61 Å². The number of amides is 2. The van der Waals surface area contributed by atoms with Crippen LogP contribution in [0.25, 0.3) is 0 Å². The SMILES string of the molecule is NC(=O)C(C(N)=O)C(O)CO. The summed E-state index contributed by atoms with van der Waals surface area (Å²) in [5.41, 5.74) is 9.41. The lowest BCUT2D eigenvalue weighted by molar-refractivity contribution is -0.137. The monoisotopic (exact) mass is 162 g/mol. The van der Waals surface area contributed by atoms with Gasteiger partial charge in [-0.2, -0.15) is 0 Å². The summed E-state index contributed by atoms with van der Waals surface area (Å²) in [5.74, 6) is -3.60. The second-order valence-electron chi connectivity index (χ2n) is 2.03. The Bertz CT molecular complexity index is 156. The van der Waals surface area contributed by atoms with E-state index in [9.17, 15) is 9.59 Å². The van der Waals surface area contributed by atoms with E-state index in [1.165, 1.54) is 0 Å². The lowest BCUT2D eigenvalue weighted by Gasteiger charge is -2.13. The molecule has 0 fully saturated rings. The van der Waals surface area contributed by atoms with Gasteiger partial charge >= 0.3 is 0 Å². The predicted molar refractivity (Wildman–Crippen MR) is 35.0 cm³/mol. The van der Waals surface area contributed by atoms with E-state index in [2.05, 4.69) is 0 Å². The van der Waals surface area contributed by atoms with E-state index < -0.39 is 30.4 Å². The number of aliphatic hydroxyl groups is 2. The first-order chi connectivity index (χ1) is 5.00. The van der Waals surface area contributed by atoms with Crippen LogP contribution in [-0.4, -0.2) is 34.7 Å². The fourth-order valence-corrected chi connectivity index (χ4v) is 0.625. The van der Waals surface area contributed by atoms with Crippen LogP contribution >= 0.6 is 0 Å². The van der Waals surface area contributed by atoms with Gasteiger partial charge in [0.1, 0.15) is 5.92 Å². The third kappa shape index (κ3) is 2.52. The molecule has 0 aliphatic rings. The first-order valence-electron chi connectivity index (χ1n) is 2.88. The number of nitrogens with two attached hydrogens (primary N) is 2. The van der Waals surface area contributed by atoms with Gasteiger partial charge in [-0.25, -0.2) is 0 Å². The van der Waals surface area contributed by atoms with Crippen molar-refractivity contribution in [2.24, 2.45) is 17.4 Å². The first-order valence-corrected chi connectivity index (χ1v) is 2.88. The minimum absolute atomic E-state index is 0.726. The maximum absolute atomic E-state index is 10.4. The van der Waals surface area contributed by atoms with Crippen LogP contribution in [0.4, 0.5) is 0 Å². The van der Waals surface area contributed by atoms with E-state index in [0.717, 1.165) is 0 Å². The number of rotatable bonds is 4. The standard InChI is InChI=1S/C5H10N2O4/c6-4(10)3(5(7)11)2(9)1-8/h2-3,8-9H,1H2,(H2,6,10)(H2,7,11). The van der Waals surface area contributed by atoms with Crippen LogP contribution in [0.5, 0.6) is 0 Å². The lowest BCUT2D eigenvalue weighted by Crippen LogP contribution is -2.44. The molecule has 1 unspecified atom stereocenters. The van der Waals surface area contributed by atoms with E-state index in [4.69, 9.17) is 21.7 Å². The lowest BCUT2D eigenvalue weighted by atomic mass is 10.0. The zero-order valence-corrected chi connectivity index (χ0v) is 5.73. The first kappa shape index (κ1) is 9.86. The molecule has 0 saturated heterocycles. The molecule has 0 aliphatic heterocycles. The van der Waals surface area contributed by atoms with Gasteiger partial charge < -0.3 is 21.7 Å². The molecule has 6 N–H and O–H groups in total. The number of hydrogen-bond acceptors (Lipinski definition) is 4. The van der Waals surface area contributed by atoms with Gasteiger partial charge in [0.15, 0.2) is 0 Å². The van der Waals surface area contributed by atoms with Crippen LogP contribution in [0.15, 0.2) is 0 Å². The Labute approximate surface area is 62.8 Å². The zero-order valence-electron chi connectivity index (χ0n) is 5.73. The molecule has 0 heterocycles. The van der Waals surface area contributed by atoms with E-state index in [1.54, 1.807) is 0 Å². The van der Waals surface area contributed by atoms with Crippen LogP contribution in [0.3, 0.4) is 0 Å². The molecule has 1 atom stereocenters. The molecule has 0 rings (SSSR count). The number of hydrogen-bond donors (Lipinski definition) is 4. The number of aliphatic hydroxyl groups excluding tert-OH is 2. The summed E-state index contributed by atoms with van der Waals surface area (Å²) in [6.45, 7) is -0.726. The van der Waals surface area contributed by atoms with E-state index in [1.807, 2.05) is 0 Å². The van der Waals surface area contributed by atoms with E-state index in [0.29, 0.717) is 0 Å². The molecule has 64 valence electrons. The molecule has 6 heteroatoms. The normalized spacial score (nSPS) is 13.0. The Balaban J connectivity index is 4.34. The molecule has 2 amide bonds. The third-order valence-electron chi connectivity index (χ3n) is 1.18. The molecular formula is C5H10N2O4. The third-order valence-corrected chi connectivity index (χ3v) is 1.18. The Morgan fingerprint density at radius 1 is 1.27 bits per heavy atom. The Kier molecular flexibility index (Phi) is 3.49. The molecular weight excluding hydrogens is 152 g/mol. The summed E-state index contributed by atoms with van der Waals surface area (Å²) in [6, 6.07) is 0. The molecule has 0 aromatic rings. The minimum Gasteiger partial charge on any atom is -0.394 e. The molecule has 0 aromatic carbocycles. The van der Waals surface area contributed by atoms with Gasteiger partial charge in [0.05, 0.1) is 12.7 Å². The van der Waals surface area contributed by atoms with Crippen molar-refractivity contribution in [3.8, 4) is 0 Å². The average Bonchev–Trinajstić information content (AvgIpc) is 1.85. The van der Waals surface area contributed by atoms with Crippen LogP contribution in [0.2, 0.25) is 0 Å². The topological polar surface area (TPSA) is 127 Å². The van der Waals surface area contributed by atoms with Crippen molar-refractivity contribution in [1.29, 1.82) is 0 Å². The van der Waals surface area contributed by atoms with Gasteiger partial charge in [-0.05, 0) is 0 Å². The fourth-order valence-electron chi connectivity index (χ4n) is 0.625. The Morgan fingerprint density at radius 3 is 1.73 bits per heavy atom. The minimum atomic E-state index is -1.51. The highest BCUT2D eigenvalue weighted by Crippen LogP contribution is 2.00. The van der Waals surface area contributed by atoms with E-state index in [-0.39, 0.29) is 0 Å². The predicted octanol–water partition coefficient (Wildman–Crippen LogP) is -3.07. The Hall–Kier alpha value is -1.14. The summed E-state index contributed by atoms with van der Waals surface area (Å²) in [5, 5.41) is 17.1. The number of carbonyl (C=O) groups excluding carboxylic acids is 2. The summed E-state index contributed by atoms with van der Waals surface area (Å²) in [6.07, 6.45) is -1.51. The summed E-state index contributed by atoms with van der Waals surface area (Å²) >= 11 is 0. The molecule has 11 heavy (non-hydrogen) atoms. The quantitative estimate of drug-likeness (QED) is 0.327. The molecule has 0 aromatic heterocycles. The van der Waals surface area contributed by atoms with Crippen molar-refractivity contribution >= 4 is 11.8 Å². The second-order valence-corrected chi connectivity index (χ2v) is 2.03. The van der Waals surface area contributed by atoms with Gasteiger partial charge in [-0.1, -0.05) is 0 Å². The number of primary amides is 2. The molecule has 0 saturated carbocycles. The summed E-state index contributed by atoms with van der Waals surface area (Å²) in [4.78, 5) is 20.8. The van der Waals surface area contributed by atoms with Gasteiger partial charge in [0.2, 0.25) is 11.8 Å². The van der Waals surface area contributed by atoms with Gasteiger partial charge in [-0.15, -0.1) is 0 Å². The zero-order chi connectivity index (χ0) is 9.02. The van der Waals surface area contributed by atoms with Crippen LogP contribution in [0.1, 0.15) is 0 Å². The van der Waals surface area contributed by atoms with Crippen molar-refractivity contribution in [2.45, 2.75) is 6.10 Å². The van der Waals surface area contributed by atoms with Crippen LogP contribution < -0.4 is 11.5 Å². The highest BCUT2D eigenvalue weighted by molar-refractivity contribution is 5.99. The molecule has 6 nitrogen and oxygen atoms in total. The highest BCUT2D eigenvalue weighted by Gasteiger charge is 2.29. The second kappa shape index (κ2) is 3.89.